The second-order valence-corrected chi connectivity index (χ2v) is 6.69. The van der Waals surface area contributed by atoms with Crippen molar-refractivity contribution in [3.63, 3.8) is 0 Å². The molecule has 1 N–H and O–H groups in total. The summed E-state index contributed by atoms with van der Waals surface area (Å²) in [6.45, 7) is 0. The zero-order valence-electron chi connectivity index (χ0n) is 10.8. The van der Waals surface area contributed by atoms with E-state index in [1.54, 1.807) is 30.3 Å². The molecule has 5 heteroatoms. The van der Waals surface area contributed by atoms with Crippen LogP contribution in [0.25, 0.3) is 11.0 Å². The number of nitrogens with zero attached hydrogens (tertiary/aromatic N) is 1. The number of hydrogen-bond donors (Lipinski definition) is 1. The van der Waals surface area contributed by atoms with Gasteiger partial charge in [-0.15, -0.1) is 0 Å². The highest BCUT2D eigenvalue weighted by molar-refractivity contribution is 7.91. The standard InChI is InChI=1S/C15H14N2O2S/c18-20(19,12-6-2-1-3-7-12)11-10-15-16-13-8-4-5-9-14(13)17-15/h1-9H,10-11H2,(H,16,17). The predicted molar refractivity (Wildman–Crippen MR) is 78.3 cm³/mol. The van der Waals surface area contributed by atoms with Crippen LogP contribution < -0.4 is 0 Å². The summed E-state index contributed by atoms with van der Waals surface area (Å²) >= 11 is 0. The summed E-state index contributed by atoms with van der Waals surface area (Å²) in [5.74, 6) is 0.752. The molecule has 4 nitrogen and oxygen atoms in total. The van der Waals surface area contributed by atoms with Gasteiger partial charge in [0.05, 0.1) is 21.7 Å². The van der Waals surface area contributed by atoms with Gasteiger partial charge in [0.15, 0.2) is 9.84 Å². The fourth-order valence-electron chi connectivity index (χ4n) is 2.10. The maximum absolute atomic E-state index is 12.2. The van der Waals surface area contributed by atoms with E-state index in [0.29, 0.717) is 17.1 Å². The van der Waals surface area contributed by atoms with E-state index in [0.717, 1.165) is 11.0 Å². The van der Waals surface area contributed by atoms with E-state index in [1.165, 1.54) is 0 Å². The van der Waals surface area contributed by atoms with E-state index >= 15 is 0 Å². The van der Waals surface area contributed by atoms with Crippen molar-refractivity contribution in [1.82, 2.24) is 9.97 Å². The Hall–Kier alpha value is -2.14. The van der Waals surface area contributed by atoms with Crippen molar-refractivity contribution in [3.8, 4) is 0 Å². The largest absolute Gasteiger partial charge is 0.342 e. The maximum atomic E-state index is 12.2. The molecule has 3 rings (SSSR count). The molecule has 102 valence electrons. The number of para-hydroxylation sites is 2. The summed E-state index contributed by atoms with van der Waals surface area (Å²) < 4.78 is 24.4. The molecule has 2 aromatic carbocycles. The number of imidazole rings is 1. The van der Waals surface area contributed by atoms with Gasteiger partial charge in [0.1, 0.15) is 5.82 Å². The lowest BCUT2D eigenvalue weighted by atomic mass is 10.3. The van der Waals surface area contributed by atoms with Gasteiger partial charge in [-0.25, -0.2) is 13.4 Å². The Morgan fingerprint density at radius 3 is 2.40 bits per heavy atom. The summed E-state index contributed by atoms with van der Waals surface area (Å²) in [6, 6.07) is 16.2. The molecule has 0 spiro atoms. The topological polar surface area (TPSA) is 62.8 Å². The van der Waals surface area contributed by atoms with Gasteiger partial charge in [-0.05, 0) is 24.3 Å². The summed E-state index contributed by atoms with van der Waals surface area (Å²) in [5, 5.41) is 0. The Kier molecular flexibility index (Phi) is 3.28. The minimum atomic E-state index is -3.26. The van der Waals surface area contributed by atoms with Crippen LogP contribution in [0.4, 0.5) is 0 Å². The minimum absolute atomic E-state index is 0.0524. The number of hydrogen-bond acceptors (Lipinski definition) is 3. The number of aryl methyl sites for hydroxylation is 1. The van der Waals surface area contributed by atoms with Gasteiger partial charge in [0, 0.05) is 6.42 Å². The van der Waals surface area contributed by atoms with Crippen LogP contribution in [0.5, 0.6) is 0 Å². The molecule has 0 saturated carbocycles. The maximum Gasteiger partial charge on any atom is 0.178 e. The number of sulfone groups is 1. The first-order chi connectivity index (χ1) is 9.65. The first-order valence-corrected chi connectivity index (χ1v) is 8.02. The molecule has 0 fully saturated rings. The van der Waals surface area contributed by atoms with Gasteiger partial charge in [0.2, 0.25) is 0 Å². The summed E-state index contributed by atoms with van der Waals surface area (Å²) in [5.41, 5.74) is 1.79. The SMILES string of the molecule is O=S(=O)(CCc1nc2ccccc2[nH]1)c1ccccc1. The number of aromatic nitrogens is 2. The van der Waals surface area contributed by atoms with Gasteiger partial charge in [-0.2, -0.15) is 0 Å². The molecule has 0 aliphatic carbocycles. The predicted octanol–water partition coefficient (Wildman–Crippen LogP) is 2.58. The lowest BCUT2D eigenvalue weighted by Gasteiger charge is -2.02. The molecular weight excluding hydrogens is 272 g/mol. The van der Waals surface area contributed by atoms with Crippen molar-refractivity contribution >= 4 is 20.9 Å². The van der Waals surface area contributed by atoms with Crippen LogP contribution >= 0.6 is 0 Å². The molecule has 3 aromatic rings. The zero-order valence-corrected chi connectivity index (χ0v) is 11.6. The van der Waals surface area contributed by atoms with Gasteiger partial charge in [-0.1, -0.05) is 30.3 Å². The number of H-pyrrole nitrogens is 1. The average molecular weight is 286 g/mol. The van der Waals surface area contributed by atoms with Gasteiger partial charge in [-0.3, -0.25) is 0 Å². The number of benzene rings is 2. The highest BCUT2D eigenvalue weighted by atomic mass is 32.2. The van der Waals surface area contributed by atoms with Gasteiger partial charge in [0.25, 0.3) is 0 Å². The molecular formula is C15H14N2O2S. The molecule has 0 aliphatic heterocycles. The summed E-state index contributed by atoms with van der Waals surface area (Å²) in [6.07, 6.45) is 0.381. The zero-order chi connectivity index (χ0) is 14.0. The molecule has 0 aliphatic rings. The highest BCUT2D eigenvalue weighted by Gasteiger charge is 2.15. The van der Waals surface area contributed by atoms with E-state index in [9.17, 15) is 8.42 Å². The molecule has 0 radical (unpaired) electrons. The van der Waals surface area contributed by atoms with Crippen molar-refractivity contribution in [1.29, 1.82) is 0 Å². The number of fused-ring (bicyclic) bond motifs is 1. The Morgan fingerprint density at radius 2 is 1.65 bits per heavy atom. The molecule has 0 amide bonds. The molecule has 20 heavy (non-hydrogen) atoms. The number of nitrogens with one attached hydrogen (secondary N) is 1. The molecule has 0 unspecified atom stereocenters. The number of rotatable bonds is 4. The van der Waals surface area contributed by atoms with Crippen molar-refractivity contribution in [2.75, 3.05) is 5.75 Å². The van der Waals surface area contributed by atoms with E-state index in [-0.39, 0.29) is 5.75 Å². The second kappa shape index (κ2) is 5.09. The van der Waals surface area contributed by atoms with Crippen LogP contribution in [-0.4, -0.2) is 24.1 Å². The monoisotopic (exact) mass is 286 g/mol. The third-order valence-corrected chi connectivity index (χ3v) is 4.88. The lowest BCUT2D eigenvalue weighted by molar-refractivity contribution is 0.594. The smallest absolute Gasteiger partial charge is 0.178 e. The fraction of sp³-hybridized carbons (Fsp3) is 0.133. The van der Waals surface area contributed by atoms with Crippen LogP contribution in [-0.2, 0) is 16.3 Å². The van der Waals surface area contributed by atoms with Gasteiger partial charge < -0.3 is 4.98 Å². The Labute approximate surface area is 117 Å². The lowest BCUT2D eigenvalue weighted by Crippen LogP contribution is -2.09. The van der Waals surface area contributed by atoms with Crippen LogP contribution in [0, 0.1) is 0 Å². The molecule has 0 atom stereocenters. The second-order valence-electron chi connectivity index (χ2n) is 4.58. The van der Waals surface area contributed by atoms with Crippen molar-refractivity contribution in [2.24, 2.45) is 0 Å². The van der Waals surface area contributed by atoms with Crippen LogP contribution in [0.2, 0.25) is 0 Å². The summed E-state index contributed by atoms with van der Waals surface area (Å²) in [4.78, 5) is 7.89. The first kappa shape index (κ1) is 12.9. The normalized spacial score (nSPS) is 11.8. The van der Waals surface area contributed by atoms with Crippen LogP contribution in [0.1, 0.15) is 5.82 Å². The molecule has 1 aromatic heterocycles. The van der Waals surface area contributed by atoms with E-state index in [4.69, 9.17) is 0 Å². The van der Waals surface area contributed by atoms with Crippen molar-refractivity contribution in [3.05, 3.63) is 60.4 Å². The quantitative estimate of drug-likeness (QED) is 0.801. The third kappa shape index (κ3) is 2.58. The van der Waals surface area contributed by atoms with Crippen LogP contribution in [0.3, 0.4) is 0 Å². The van der Waals surface area contributed by atoms with Crippen LogP contribution in [0.15, 0.2) is 59.5 Å². The van der Waals surface area contributed by atoms with E-state index in [2.05, 4.69) is 9.97 Å². The Morgan fingerprint density at radius 1 is 0.950 bits per heavy atom. The highest BCUT2D eigenvalue weighted by Crippen LogP contribution is 2.14. The van der Waals surface area contributed by atoms with E-state index < -0.39 is 9.84 Å². The van der Waals surface area contributed by atoms with E-state index in [1.807, 2.05) is 24.3 Å². The Balaban J connectivity index is 1.79. The molecule has 1 heterocycles. The fourth-order valence-corrected chi connectivity index (χ4v) is 3.37. The summed E-state index contributed by atoms with van der Waals surface area (Å²) in [7, 11) is -3.26. The molecule has 0 bridgehead atoms. The third-order valence-electron chi connectivity index (χ3n) is 3.15. The number of aromatic amines is 1. The van der Waals surface area contributed by atoms with Gasteiger partial charge >= 0.3 is 0 Å². The molecule has 0 saturated heterocycles. The van der Waals surface area contributed by atoms with Crippen molar-refractivity contribution in [2.45, 2.75) is 11.3 Å². The van der Waals surface area contributed by atoms with Crippen molar-refractivity contribution < 1.29 is 8.42 Å². The minimum Gasteiger partial charge on any atom is -0.342 e. The average Bonchev–Trinajstić information content (AvgIpc) is 2.89. The first-order valence-electron chi connectivity index (χ1n) is 6.36. The Bertz CT molecular complexity index is 790.